The lowest BCUT2D eigenvalue weighted by atomic mass is 10.1. The number of carbonyl (C=O) groups is 1. The highest BCUT2D eigenvalue weighted by Crippen LogP contribution is 2.28. The Hall–Kier alpha value is -2.68. The smallest absolute Gasteiger partial charge is 0.320 e. The standard InChI is InChI=1S/C14H18N6O3/c1-20-7-9(6-17-20)13-10(3-4-23-13)18-14(21)19-11-5-12(22-2)16-8-15-11/h5-8,10,13H,3-4H2,1-2H3,(H2,15,16,18,19,21)/t10-,13+/m0/s1. The van der Waals surface area contributed by atoms with Crippen LogP contribution in [0.3, 0.4) is 0 Å². The molecule has 3 rings (SSSR count). The van der Waals surface area contributed by atoms with Crippen LogP contribution < -0.4 is 15.4 Å². The molecule has 23 heavy (non-hydrogen) atoms. The molecule has 2 atom stereocenters. The van der Waals surface area contributed by atoms with Gasteiger partial charge < -0.3 is 14.8 Å². The third-order valence-corrected chi connectivity index (χ3v) is 3.55. The monoisotopic (exact) mass is 318 g/mol. The number of nitrogens with zero attached hydrogens (tertiary/aromatic N) is 4. The summed E-state index contributed by atoms with van der Waals surface area (Å²) < 4.78 is 12.4. The minimum Gasteiger partial charge on any atom is -0.481 e. The molecule has 122 valence electrons. The van der Waals surface area contributed by atoms with Crippen LogP contribution in [0.1, 0.15) is 18.1 Å². The molecule has 0 aromatic carbocycles. The van der Waals surface area contributed by atoms with E-state index in [4.69, 9.17) is 9.47 Å². The fourth-order valence-corrected chi connectivity index (χ4v) is 2.49. The van der Waals surface area contributed by atoms with Crippen molar-refractivity contribution in [1.29, 1.82) is 0 Å². The highest BCUT2D eigenvalue weighted by atomic mass is 16.5. The zero-order valence-electron chi connectivity index (χ0n) is 12.9. The van der Waals surface area contributed by atoms with E-state index in [1.54, 1.807) is 16.9 Å². The molecule has 1 aliphatic heterocycles. The van der Waals surface area contributed by atoms with Crippen molar-refractivity contribution in [2.45, 2.75) is 18.6 Å². The number of methoxy groups -OCH3 is 1. The summed E-state index contributed by atoms with van der Waals surface area (Å²) in [5, 5.41) is 9.71. The summed E-state index contributed by atoms with van der Waals surface area (Å²) in [5.74, 6) is 0.749. The number of anilines is 1. The molecule has 0 radical (unpaired) electrons. The van der Waals surface area contributed by atoms with Crippen LogP contribution in [-0.4, -0.2) is 45.5 Å². The predicted octanol–water partition coefficient (Wildman–Crippen LogP) is 0.870. The lowest BCUT2D eigenvalue weighted by Gasteiger charge is -2.19. The third kappa shape index (κ3) is 3.57. The van der Waals surface area contributed by atoms with Gasteiger partial charge in [0.25, 0.3) is 0 Å². The van der Waals surface area contributed by atoms with Crippen molar-refractivity contribution in [1.82, 2.24) is 25.1 Å². The van der Waals surface area contributed by atoms with Gasteiger partial charge in [0.2, 0.25) is 5.88 Å². The van der Waals surface area contributed by atoms with Gasteiger partial charge in [-0.25, -0.2) is 14.8 Å². The molecular weight excluding hydrogens is 300 g/mol. The van der Waals surface area contributed by atoms with Gasteiger partial charge in [-0.1, -0.05) is 0 Å². The number of aryl methyl sites for hydroxylation is 1. The number of ether oxygens (including phenoxy) is 2. The maximum atomic E-state index is 12.2. The quantitative estimate of drug-likeness (QED) is 0.867. The number of urea groups is 1. The van der Waals surface area contributed by atoms with Gasteiger partial charge in [0, 0.05) is 31.5 Å². The van der Waals surface area contributed by atoms with Gasteiger partial charge in [-0.2, -0.15) is 5.10 Å². The fourth-order valence-electron chi connectivity index (χ4n) is 2.49. The van der Waals surface area contributed by atoms with E-state index in [1.165, 1.54) is 13.4 Å². The fraction of sp³-hybridized carbons (Fsp3) is 0.429. The number of aromatic nitrogens is 4. The van der Waals surface area contributed by atoms with Gasteiger partial charge in [-0.05, 0) is 6.42 Å². The van der Waals surface area contributed by atoms with Crippen molar-refractivity contribution in [3.05, 3.63) is 30.4 Å². The van der Waals surface area contributed by atoms with Gasteiger partial charge in [0.05, 0.1) is 19.3 Å². The maximum absolute atomic E-state index is 12.2. The molecule has 2 N–H and O–H groups in total. The van der Waals surface area contributed by atoms with Gasteiger partial charge in [0.1, 0.15) is 18.2 Å². The van der Waals surface area contributed by atoms with E-state index in [9.17, 15) is 4.79 Å². The van der Waals surface area contributed by atoms with Crippen molar-refractivity contribution in [2.75, 3.05) is 19.0 Å². The first-order valence-electron chi connectivity index (χ1n) is 7.19. The summed E-state index contributed by atoms with van der Waals surface area (Å²) in [6, 6.07) is 1.07. The molecule has 3 heterocycles. The van der Waals surface area contributed by atoms with Crippen LogP contribution in [0, 0.1) is 0 Å². The second-order valence-electron chi connectivity index (χ2n) is 5.18. The number of hydrogen-bond donors (Lipinski definition) is 2. The van der Waals surface area contributed by atoms with Crippen LogP contribution in [0.4, 0.5) is 10.6 Å². The van der Waals surface area contributed by atoms with E-state index in [-0.39, 0.29) is 18.2 Å². The second-order valence-corrected chi connectivity index (χ2v) is 5.18. The SMILES string of the molecule is COc1cc(NC(=O)N[C@H]2CCO[C@@H]2c2cnn(C)c2)ncn1. The van der Waals surface area contributed by atoms with Crippen LogP contribution >= 0.6 is 0 Å². The maximum Gasteiger partial charge on any atom is 0.320 e. The normalized spacial score (nSPS) is 20.3. The predicted molar refractivity (Wildman–Crippen MR) is 81.0 cm³/mol. The molecule has 1 saturated heterocycles. The second kappa shape index (κ2) is 6.61. The van der Waals surface area contributed by atoms with E-state index in [0.29, 0.717) is 18.3 Å². The summed E-state index contributed by atoms with van der Waals surface area (Å²) in [6.07, 6.45) is 5.50. The number of rotatable bonds is 4. The molecule has 0 aliphatic carbocycles. The van der Waals surface area contributed by atoms with Gasteiger partial charge in [-0.3, -0.25) is 10.00 Å². The van der Waals surface area contributed by atoms with Crippen molar-refractivity contribution < 1.29 is 14.3 Å². The van der Waals surface area contributed by atoms with E-state index in [1.807, 2.05) is 13.2 Å². The van der Waals surface area contributed by atoms with Gasteiger partial charge in [-0.15, -0.1) is 0 Å². The zero-order chi connectivity index (χ0) is 16.2. The summed E-state index contributed by atoms with van der Waals surface area (Å²) in [6.45, 7) is 0.589. The topological polar surface area (TPSA) is 103 Å². The number of amides is 2. The Bertz CT molecular complexity index is 689. The number of carbonyl (C=O) groups excluding carboxylic acids is 1. The first-order valence-corrected chi connectivity index (χ1v) is 7.19. The molecule has 9 nitrogen and oxygen atoms in total. The number of hydrogen-bond acceptors (Lipinski definition) is 6. The number of nitrogens with one attached hydrogen (secondary N) is 2. The molecule has 0 bridgehead atoms. The molecule has 9 heteroatoms. The van der Waals surface area contributed by atoms with Crippen molar-refractivity contribution >= 4 is 11.8 Å². The Morgan fingerprint density at radius 2 is 2.35 bits per heavy atom. The first-order chi connectivity index (χ1) is 11.2. The molecule has 2 amide bonds. The molecule has 0 saturated carbocycles. The molecule has 1 fully saturated rings. The van der Waals surface area contributed by atoms with E-state index >= 15 is 0 Å². The lowest BCUT2D eigenvalue weighted by molar-refractivity contribution is 0.100. The molecular formula is C14H18N6O3. The van der Waals surface area contributed by atoms with E-state index < -0.39 is 0 Å². The minimum atomic E-state index is -0.352. The van der Waals surface area contributed by atoms with Crippen LogP contribution in [-0.2, 0) is 11.8 Å². The Labute approximate surface area is 133 Å². The summed E-state index contributed by atoms with van der Waals surface area (Å²) >= 11 is 0. The molecule has 0 spiro atoms. The third-order valence-electron chi connectivity index (χ3n) is 3.55. The highest BCUT2D eigenvalue weighted by molar-refractivity contribution is 5.88. The summed E-state index contributed by atoms with van der Waals surface area (Å²) in [4.78, 5) is 20.0. The largest absolute Gasteiger partial charge is 0.481 e. The lowest BCUT2D eigenvalue weighted by Crippen LogP contribution is -2.39. The Kier molecular flexibility index (Phi) is 4.38. The van der Waals surface area contributed by atoms with Crippen molar-refractivity contribution in [2.24, 2.45) is 7.05 Å². The van der Waals surface area contributed by atoms with Gasteiger partial charge in [0.15, 0.2) is 0 Å². The van der Waals surface area contributed by atoms with Crippen molar-refractivity contribution in [3.63, 3.8) is 0 Å². The van der Waals surface area contributed by atoms with Gasteiger partial charge >= 0.3 is 6.03 Å². The van der Waals surface area contributed by atoms with E-state index in [0.717, 1.165) is 12.0 Å². The molecule has 2 aromatic heterocycles. The van der Waals surface area contributed by atoms with Crippen molar-refractivity contribution in [3.8, 4) is 5.88 Å². The zero-order valence-corrected chi connectivity index (χ0v) is 12.9. The van der Waals surface area contributed by atoms with E-state index in [2.05, 4.69) is 25.7 Å². The molecule has 1 aliphatic rings. The minimum absolute atomic E-state index is 0.122. The highest BCUT2D eigenvalue weighted by Gasteiger charge is 2.31. The molecule has 2 aromatic rings. The summed E-state index contributed by atoms with van der Waals surface area (Å²) in [7, 11) is 3.34. The van der Waals surface area contributed by atoms with Crippen LogP contribution in [0.5, 0.6) is 5.88 Å². The summed E-state index contributed by atoms with van der Waals surface area (Å²) in [5.41, 5.74) is 0.944. The first kappa shape index (κ1) is 15.2. The van der Waals surface area contributed by atoms with Crippen LogP contribution in [0.15, 0.2) is 24.8 Å². The van der Waals surface area contributed by atoms with Crippen LogP contribution in [0.25, 0.3) is 0 Å². The Balaban J connectivity index is 1.62. The Morgan fingerprint density at radius 3 is 3.09 bits per heavy atom. The average molecular weight is 318 g/mol. The Morgan fingerprint density at radius 1 is 1.48 bits per heavy atom. The molecule has 0 unspecified atom stereocenters. The van der Waals surface area contributed by atoms with Crippen LogP contribution in [0.2, 0.25) is 0 Å². The average Bonchev–Trinajstić information content (AvgIpc) is 3.16.